The van der Waals surface area contributed by atoms with Crippen LogP contribution < -0.4 is 4.74 Å². The Hall–Kier alpha value is -1.29. The number of fused-ring (bicyclic) bond motifs is 1. The molecule has 0 aromatic heterocycles. The zero-order valence-corrected chi connectivity index (χ0v) is 7.68. The van der Waals surface area contributed by atoms with E-state index < -0.39 is 10.9 Å². The maximum absolute atomic E-state index is 11.2. The molecule has 13 heavy (non-hydrogen) atoms. The molecule has 2 rings (SSSR count). The van der Waals surface area contributed by atoms with Gasteiger partial charge in [0.1, 0.15) is 5.75 Å². The van der Waals surface area contributed by atoms with Crippen LogP contribution in [0.5, 0.6) is 5.75 Å². The van der Waals surface area contributed by atoms with Gasteiger partial charge < -0.3 is 4.74 Å². The Balaban J connectivity index is 2.52. The molecule has 66 valence electrons. The smallest absolute Gasteiger partial charge is 0.264 e. The van der Waals surface area contributed by atoms with Crippen LogP contribution in [0.2, 0.25) is 0 Å². The molecule has 1 aromatic carbocycles. The van der Waals surface area contributed by atoms with Crippen molar-refractivity contribution in [2.24, 2.45) is 0 Å². The first-order chi connectivity index (χ1) is 6.22. The van der Waals surface area contributed by atoms with Gasteiger partial charge in [-0.15, -0.1) is 0 Å². The molecule has 0 spiro atoms. The Morgan fingerprint density at radius 3 is 2.77 bits per heavy atom. The number of hydrogen-bond acceptors (Lipinski definition) is 4. The summed E-state index contributed by atoms with van der Waals surface area (Å²) in [5.74, 6) is 0.247. The zero-order valence-electron chi connectivity index (χ0n) is 6.87. The first-order valence-electron chi connectivity index (χ1n) is 3.67. The molecule has 0 bridgehead atoms. The van der Waals surface area contributed by atoms with Crippen molar-refractivity contribution in [3.63, 3.8) is 0 Å². The molecular weight excluding hydrogens is 188 g/mol. The van der Waals surface area contributed by atoms with E-state index in [0.717, 1.165) is 11.8 Å². The summed E-state index contributed by atoms with van der Waals surface area (Å²) in [6.45, 7) is 0. The Labute approximate surface area is 79.1 Å². The molecule has 0 aliphatic carbocycles. The third-order valence-corrected chi connectivity index (χ3v) is 2.75. The van der Waals surface area contributed by atoms with Gasteiger partial charge in [-0.05, 0) is 30.0 Å². The quantitative estimate of drug-likeness (QED) is 0.635. The maximum Gasteiger partial charge on any atom is 0.264 e. The molecule has 0 saturated heterocycles. The minimum atomic E-state index is -0.414. The fraction of sp³-hybridized carbons (Fsp3) is 0.111. The van der Waals surface area contributed by atoms with Crippen LogP contribution in [0.1, 0.15) is 10.4 Å². The molecule has 0 saturated carbocycles. The van der Waals surface area contributed by atoms with Crippen molar-refractivity contribution in [1.82, 2.24) is 0 Å². The second-order valence-corrected chi connectivity index (χ2v) is 3.60. The molecule has 0 atom stereocenters. The highest BCUT2D eigenvalue weighted by atomic mass is 32.2. The van der Waals surface area contributed by atoms with Crippen LogP contribution in [-0.4, -0.2) is 18.0 Å². The number of Topliss-reactive ketones (excluding diaryl/α,β-unsaturated/α-hetero) is 1. The van der Waals surface area contributed by atoms with E-state index in [-0.39, 0.29) is 0 Å². The summed E-state index contributed by atoms with van der Waals surface area (Å²) in [5.41, 5.74) is 0.482. The highest BCUT2D eigenvalue weighted by Gasteiger charge is 2.29. The summed E-state index contributed by atoms with van der Waals surface area (Å²) < 4.78 is 4.97. The number of ketones is 1. The number of carbonyl (C=O) groups is 2. The lowest BCUT2D eigenvalue weighted by molar-refractivity contribution is -0.107. The summed E-state index contributed by atoms with van der Waals surface area (Å²) >= 11 is 0.960. The molecular formula is C9H6O3S. The van der Waals surface area contributed by atoms with Crippen molar-refractivity contribution in [2.75, 3.05) is 7.11 Å². The molecule has 4 heteroatoms. The van der Waals surface area contributed by atoms with Crippen molar-refractivity contribution in [2.45, 2.75) is 4.90 Å². The summed E-state index contributed by atoms with van der Waals surface area (Å²) in [6.07, 6.45) is 0. The van der Waals surface area contributed by atoms with Gasteiger partial charge in [0, 0.05) is 10.5 Å². The van der Waals surface area contributed by atoms with Gasteiger partial charge in [0.05, 0.1) is 7.11 Å². The van der Waals surface area contributed by atoms with Gasteiger partial charge in [-0.2, -0.15) is 0 Å². The fourth-order valence-corrected chi connectivity index (χ4v) is 2.01. The van der Waals surface area contributed by atoms with Gasteiger partial charge >= 0.3 is 0 Å². The predicted octanol–water partition coefficient (Wildman–Crippen LogP) is 1.51. The highest BCUT2D eigenvalue weighted by Crippen LogP contribution is 2.34. The van der Waals surface area contributed by atoms with E-state index in [4.69, 9.17) is 4.74 Å². The Morgan fingerprint density at radius 2 is 2.08 bits per heavy atom. The molecule has 1 aliphatic heterocycles. The number of thioether (sulfide) groups is 1. The molecule has 1 aromatic rings. The third-order valence-electron chi connectivity index (χ3n) is 1.82. The van der Waals surface area contributed by atoms with Gasteiger partial charge in [0.25, 0.3) is 5.12 Å². The lowest BCUT2D eigenvalue weighted by Gasteiger charge is -2.00. The number of hydrogen-bond donors (Lipinski definition) is 0. The van der Waals surface area contributed by atoms with E-state index in [1.807, 2.05) is 0 Å². The van der Waals surface area contributed by atoms with Crippen molar-refractivity contribution in [1.29, 1.82) is 0 Å². The van der Waals surface area contributed by atoms with Gasteiger partial charge in [0.2, 0.25) is 5.78 Å². The largest absolute Gasteiger partial charge is 0.497 e. The third kappa shape index (κ3) is 1.23. The molecule has 0 N–H and O–H groups in total. The molecule has 3 nitrogen and oxygen atoms in total. The van der Waals surface area contributed by atoms with Gasteiger partial charge in [-0.3, -0.25) is 9.59 Å². The number of benzene rings is 1. The topological polar surface area (TPSA) is 43.4 Å². The van der Waals surface area contributed by atoms with Crippen molar-refractivity contribution < 1.29 is 14.3 Å². The lowest BCUT2D eigenvalue weighted by atomic mass is 10.1. The molecule has 1 heterocycles. The predicted molar refractivity (Wildman–Crippen MR) is 48.2 cm³/mol. The summed E-state index contributed by atoms with van der Waals surface area (Å²) in [6, 6.07) is 4.99. The Bertz CT molecular complexity index is 398. The minimum Gasteiger partial charge on any atom is -0.497 e. The average molecular weight is 194 g/mol. The second kappa shape index (κ2) is 2.88. The van der Waals surface area contributed by atoms with E-state index in [0.29, 0.717) is 16.2 Å². The van der Waals surface area contributed by atoms with Crippen LogP contribution in [0.4, 0.5) is 0 Å². The molecule has 0 amide bonds. The normalized spacial score (nSPS) is 14.5. The zero-order chi connectivity index (χ0) is 9.42. The maximum atomic E-state index is 11.2. The minimum absolute atomic E-state index is 0.414. The molecule has 0 radical (unpaired) electrons. The molecule has 1 aliphatic rings. The second-order valence-electron chi connectivity index (χ2n) is 2.58. The van der Waals surface area contributed by atoms with Crippen LogP contribution in [0.3, 0.4) is 0 Å². The average Bonchev–Trinajstić information content (AvgIpc) is 2.42. The van der Waals surface area contributed by atoms with E-state index in [9.17, 15) is 9.59 Å². The Morgan fingerprint density at radius 1 is 1.31 bits per heavy atom. The van der Waals surface area contributed by atoms with Crippen LogP contribution in [0.25, 0.3) is 0 Å². The highest BCUT2D eigenvalue weighted by molar-refractivity contribution is 8.16. The van der Waals surface area contributed by atoms with Gasteiger partial charge in [-0.25, -0.2) is 0 Å². The van der Waals surface area contributed by atoms with Crippen LogP contribution in [0, 0.1) is 0 Å². The van der Waals surface area contributed by atoms with Crippen molar-refractivity contribution in [3.8, 4) is 5.75 Å². The number of ether oxygens (including phenoxy) is 1. The summed E-state index contributed by atoms with van der Waals surface area (Å²) in [4.78, 5) is 22.9. The SMILES string of the molecule is COc1ccc2c(c1)SC(=O)C2=O. The van der Waals surface area contributed by atoms with Crippen molar-refractivity contribution >= 4 is 22.7 Å². The van der Waals surface area contributed by atoms with Crippen LogP contribution in [-0.2, 0) is 4.79 Å². The van der Waals surface area contributed by atoms with Crippen molar-refractivity contribution in [3.05, 3.63) is 23.8 Å². The standard InChI is InChI=1S/C9H6O3S/c1-12-5-2-3-6-7(4-5)13-9(11)8(6)10/h2-4H,1H3. The first kappa shape index (κ1) is 8.31. The van der Waals surface area contributed by atoms with Crippen LogP contribution in [0.15, 0.2) is 23.1 Å². The Kier molecular flexibility index (Phi) is 1.84. The van der Waals surface area contributed by atoms with Gasteiger partial charge in [-0.1, -0.05) is 0 Å². The summed E-state index contributed by atoms with van der Waals surface area (Å²) in [7, 11) is 1.55. The first-order valence-corrected chi connectivity index (χ1v) is 4.48. The lowest BCUT2D eigenvalue weighted by Crippen LogP contribution is -2.01. The van der Waals surface area contributed by atoms with E-state index >= 15 is 0 Å². The van der Waals surface area contributed by atoms with E-state index in [1.165, 1.54) is 0 Å². The molecule has 0 fully saturated rings. The van der Waals surface area contributed by atoms with E-state index in [1.54, 1.807) is 25.3 Å². The number of methoxy groups -OCH3 is 1. The fourth-order valence-electron chi connectivity index (χ4n) is 1.16. The van der Waals surface area contributed by atoms with Gasteiger partial charge in [0.15, 0.2) is 0 Å². The summed E-state index contributed by atoms with van der Waals surface area (Å²) in [5, 5.41) is -0.414. The van der Waals surface area contributed by atoms with Crippen LogP contribution >= 0.6 is 11.8 Å². The number of carbonyl (C=O) groups excluding carboxylic acids is 2. The molecule has 0 unspecified atom stereocenters. The van der Waals surface area contributed by atoms with E-state index in [2.05, 4.69) is 0 Å². The monoisotopic (exact) mass is 194 g/mol. The number of rotatable bonds is 1.